The maximum atomic E-state index is 13.0. The topological polar surface area (TPSA) is 106 Å². The van der Waals surface area contributed by atoms with Crippen molar-refractivity contribution >= 4 is 17.7 Å². The highest BCUT2D eigenvalue weighted by Gasteiger charge is 2.31. The van der Waals surface area contributed by atoms with Crippen LogP contribution in [0.2, 0.25) is 0 Å². The van der Waals surface area contributed by atoms with Crippen molar-refractivity contribution in [2.45, 2.75) is 30.7 Å². The highest BCUT2D eigenvalue weighted by molar-refractivity contribution is 7.99. The Hall–Kier alpha value is -3.00. The molecule has 34 heavy (non-hydrogen) atoms. The molecule has 10 nitrogen and oxygen atoms in total. The minimum absolute atomic E-state index is 0.0690. The monoisotopic (exact) mass is 496 g/mol. The SMILES string of the molecule is CC(c1nc(-c2cccc(C(F)(F)F)c2)no1)N1CCN(C(=O)CCSc2nnnn2C)CC1. The van der Waals surface area contributed by atoms with Crippen molar-refractivity contribution in [3.63, 3.8) is 0 Å². The number of hydrogen-bond acceptors (Lipinski definition) is 9. The number of benzene rings is 1. The molecular weight excluding hydrogens is 473 g/mol. The first-order chi connectivity index (χ1) is 16.2. The number of thioether (sulfide) groups is 1. The molecule has 1 aliphatic heterocycles. The second kappa shape index (κ2) is 10.1. The molecule has 0 spiro atoms. The van der Waals surface area contributed by atoms with Gasteiger partial charge in [-0.15, -0.1) is 5.10 Å². The Morgan fingerprint density at radius 3 is 2.68 bits per heavy atom. The van der Waals surface area contributed by atoms with Crippen LogP contribution in [0.15, 0.2) is 33.9 Å². The van der Waals surface area contributed by atoms with Crippen molar-refractivity contribution in [3.8, 4) is 11.4 Å². The van der Waals surface area contributed by atoms with Gasteiger partial charge in [-0.25, -0.2) is 4.68 Å². The lowest BCUT2D eigenvalue weighted by molar-refractivity contribution is -0.137. The van der Waals surface area contributed by atoms with Crippen LogP contribution in [0.1, 0.15) is 30.8 Å². The maximum Gasteiger partial charge on any atom is 0.416 e. The molecular formula is C20H23F3N8O2S. The van der Waals surface area contributed by atoms with Crippen LogP contribution in [-0.4, -0.2) is 78.0 Å². The van der Waals surface area contributed by atoms with Gasteiger partial charge in [-0.1, -0.05) is 29.1 Å². The summed E-state index contributed by atoms with van der Waals surface area (Å²) in [6.45, 7) is 4.26. The average molecular weight is 497 g/mol. The fraction of sp³-hybridized carbons (Fsp3) is 0.500. The van der Waals surface area contributed by atoms with E-state index >= 15 is 0 Å². The molecule has 1 atom stereocenters. The van der Waals surface area contributed by atoms with Gasteiger partial charge in [0.1, 0.15) is 0 Å². The molecule has 0 radical (unpaired) electrons. The second-order valence-corrected chi connectivity index (χ2v) is 8.87. The second-order valence-electron chi connectivity index (χ2n) is 7.81. The van der Waals surface area contributed by atoms with E-state index in [0.717, 1.165) is 12.1 Å². The van der Waals surface area contributed by atoms with E-state index in [4.69, 9.17) is 4.52 Å². The van der Waals surface area contributed by atoms with Crippen LogP contribution in [0.25, 0.3) is 11.4 Å². The molecule has 1 unspecified atom stereocenters. The first-order valence-corrected chi connectivity index (χ1v) is 11.6. The van der Waals surface area contributed by atoms with Crippen molar-refractivity contribution < 1.29 is 22.5 Å². The first kappa shape index (κ1) is 24.1. The fourth-order valence-electron chi connectivity index (χ4n) is 3.60. The quantitative estimate of drug-likeness (QED) is 0.457. The number of amides is 1. The number of rotatable bonds is 7. The van der Waals surface area contributed by atoms with Crippen molar-refractivity contribution in [2.24, 2.45) is 7.05 Å². The van der Waals surface area contributed by atoms with Crippen molar-refractivity contribution in [3.05, 3.63) is 35.7 Å². The lowest BCUT2D eigenvalue weighted by Crippen LogP contribution is -2.49. The molecule has 2 aromatic heterocycles. The van der Waals surface area contributed by atoms with E-state index in [2.05, 4.69) is 30.6 Å². The number of aryl methyl sites for hydroxylation is 1. The summed E-state index contributed by atoms with van der Waals surface area (Å²) in [6.07, 6.45) is -4.06. The predicted octanol–water partition coefficient (Wildman–Crippen LogP) is 2.67. The Bertz CT molecular complexity index is 1130. The van der Waals surface area contributed by atoms with Crippen LogP contribution in [0.5, 0.6) is 0 Å². The smallest absolute Gasteiger partial charge is 0.340 e. The van der Waals surface area contributed by atoms with E-state index in [-0.39, 0.29) is 23.3 Å². The third kappa shape index (κ3) is 5.55. The zero-order valence-electron chi connectivity index (χ0n) is 18.6. The summed E-state index contributed by atoms with van der Waals surface area (Å²) in [5.74, 6) is 1.09. The Morgan fingerprint density at radius 1 is 1.24 bits per heavy atom. The number of piperazine rings is 1. The average Bonchev–Trinajstić information content (AvgIpc) is 3.48. The van der Waals surface area contributed by atoms with E-state index in [9.17, 15) is 18.0 Å². The fourth-order valence-corrected chi connectivity index (χ4v) is 4.38. The van der Waals surface area contributed by atoms with Gasteiger partial charge in [-0.05, 0) is 29.5 Å². The van der Waals surface area contributed by atoms with Gasteiger partial charge in [-0.3, -0.25) is 9.69 Å². The third-order valence-corrected chi connectivity index (χ3v) is 6.60. The molecule has 1 aromatic carbocycles. The van der Waals surface area contributed by atoms with E-state index in [1.165, 1.54) is 23.9 Å². The number of tetrazole rings is 1. The summed E-state index contributed by atoms with van der Waals surface area (Å²) in [5, 5.41) is 15.7. The van der Waals surface area contributed by atoms with E-state index < -0.39 is 11.7 Å². The van der Waals surface area contributed by atoms with Gasteiger partial charge >= 0.3 is 6.18 Å². The number of nitrogens with zero attached hydrogens (tertiary/aromatic N) is 8. The van der Waals surface area contributed by atoms with Crippen LogP contribution in [0, 0.1) is 0 Å². The van der Waals surface area contributed by atoms with Crippen molar-refractivity contribution in [2.75, 3.05) is 31.9 Å². The van der Waals surface area contributed by atoms with Crippen molar-refractivity contribution in [1.82, 2.24) is 40.1 Å². The first-order valence-electron chi connectivity index (χ1n) is 10.6. The minimum atomic E-state index is -4.45. The molecule has 14 heteroatoms. The van der Waals surface area contributed by atoms with E-state index in [1.807, 2.05) is 11.8 Å². The largest absolute Gasteiger partial charge is 0.416 e. The number of halogens is 3. The molecule has 0 saturated carbocycles. The molecule has 4 rings (SSSR count). The highest BCUT2D eigenvalue weighted by atomic mass is 32.2. The van der Waals surface area contributed by atoms with Crippen LogP contribution in [-0.2, 0) is 18.0 Å². The van der Waals surface area contributed by atoms with Gasteiger partial charge in [0.2, 0.25) is 22.8 Å². The summed E-state index contributed by atoms with van der Waals surface area (Å²) < 4.78 is 45.9. The van der Waals surface area contributed by atoms with Gasteiger partial charge in [0.25, 0.3) is 0 Å². The predicted molar refractivity (Wildman–Crippen MR) is 115 cm³/mol. The number of hydrogen-bond donors (Lipinski definition) is 0. The van der Waals surface area contributed by atoms with Crippen LogP contribution >= 0.6 is 11.8 Å². The van der Waals surface area contributed by atoms with Crippen molar-refractivity contribution in [1.29, 1.82) is 0 Å². The summed E-state index contributed by atoms with van der Waals surface area (Å²) in [5.41, 5.74) is -0.528. The number of alkyl halides is 3. The number of aromatic nitrogens is 6. The normalized spacial score (nSPS) is 16.1. The molecule has 0 aliphatic carbocycles. The van der Waals surface area contributed by atoms with Gasteiger partial charge < -0.3 is 9.42 Å². The molecule has 0 N–H and O–H groups in total. The lowest BCUT2D eigenvalue weighted by Gasteiger charge is -2.36. The summed E-state index contributed by atoms with van der Waals surface area (Å²) in [6, 6.07) is 4.60. The minimum Gasteiger partial charge on any atom is -0.340 e. The van der Waals surface area contributed by atoms with E-state index in [0.29, 0.717) is 49.4 Å². The van der Waals surface area contributed by atoms with Crippen LogP contribution in [0.4, 0.5) is 13.2 Å². The zero-order chi connectivity index (χ0) is 24.3. The molecule has 1 aliphatic rings. The Morgan fingerprint density at radius 2 is 2.00 bits per heavy atom. The summed E-state index contributed by atoms with van der Waals surface area (Å²) in [4.78, 5) is 20.8. The van der Waals surface area contributed by atoms with Crippen LogP contribution in [0.3, 0.4) is 0 Å². The molecule has 1 amide bonds. The van der Waals surface area contributed by atoms with Gasteiger partial charge in [0.15, 0.2) is 0 Å². The van der Waals surface area contributed by atoms with Gasteiger partial charge in [-0.2, -0.15) is 18.2 Å². The molecule has 1 fully saturated rings. The Labute approximate surface area is 197 Å². The van der Waals surface area contributed by atoms with Crippen LogP contribution < -0.4 is 0 Å². The third-order valence-electron chi connectivity index (χ3n) is 5.59. The maximum absolute atomic E-state index is 13.0. The van der Waals surface area contributed by atoms with Gasteiger partial charge in [0, 0.05) is 51.0 Å². The Kier molecular flexibility index (Phi) is 7.16. The number of carbonyl (C=O) groups is 1. The standard InChI is InChI=1S/C20H23F3N8O2S/c1-13(18-24-17(26-33-18)14-4-3-5-15(12-14)20(21,22)23)30-7-9-31(10-8-30)16(32)6-11-34-19-25-27-28-29(19)2/h3-5,12-13H,6-11H2,1-2H3. The van der Waals surface area contributed by atoms with Gasteiger partial charge in [0.05, 0.1) is 11.6 Å². The highest BCUT2D eigenvalue weighted by Crippen LogP contribution is 2.32. The molecule has 1 saturated heterocycles. The molecule has 0 bridgehead atoms. The lowest BCUT2D eigenvalue weighted by atomic mass is 10.1. The molecule has 3 heterocycles. The summed E-state index contributed by atoms with van der Waals surface area (Å²) >= 11 is 1.43. The molecule has 182 valence electrons. The molecule has 3 aromatic rings. The Balaban J connectivity index is 1.29. The summed E-state index contributed by atoms with van der Waals surface area (Å²) in [7, 11) is 1.75. The zero-order valence-corrected chi connectivity index (χ0v) is 19.4. The van der Waals surface area contributed by atoms with E-state index in [1.54, 1.807) is 11.7 Å². The number of carbonyl (C=O) groups excluding carboxylic acids is 1.